The number of hydrogen-bond acceptors (Lipinski definition) is 3. The van der Waals surface area contributed by atoms with Gasteiger partial charge in [-0.3, -0.25) is 4.79 Å². The molecule has 2 aromatic carbocycles. The van der Waals surface area contributed by atoms with E-state index >= 15 is 0 Å². The van der Waals surface area contributed by atoms with E-state index in [-0.39, 0.29) is 23.8 Å². The Balaban J connectivity index is 2.19. The number of carbonyl (C=O) groups excluding carboxylic acids is 1. The van der Waals surface area contributed by atoms with Crippen LogP contribution in [0.1, 0.15) is 30.1 Å². The number of aliphatic hydroxyl groups is 1. The summed E-state index contributed by atoms with van der Waals surface area (Å²) >= 11 is 0. The topological polar surface area (TPSA) is 58.6 Å². The van der Waals surface area contributed by atoms with Gasteiger partial charge in [-0.1, -0.05) is 6.07 Å². The normalized spacial score (nSPS) is 11.9. The zero-order valence-electron chi connectivity index (χ0n) is 14.2. The molecule has 0 saturated heterocycles. The SMILES string of the molecule is COc1ccc(-c2ccc(C(=O)NC(C)CCCO)c(F)c2)c(F)c1. The van der Waals surface area contributed by atoms with E-state index in [0.717, 1.165) is 6.07 Å². The lowest BCUT2D eigenvalue weighted by atomic mass is 10.0. The number of rotatable bonds is 7. The van der Waals surface area contributed by atoms with E-state index in [9.17, 15) is 13.6 Å². The van der Waals surface area contributed by atoms with Crippen LogP contribution in [-0.4, -0.2) is 30.8 Å². The molecule has 2 N–H and O–H groups in total. The average Bonchev–Trinajstić information content (AvgIpc) is 2.59. The quantitative estimate of drug-likeness (QED) is 0.804. The van der Waals surface area contributed by atoms with Gasteiger partial charge in [-0.05, 0) is 49.6 Å². The number of amides is 1. The van der Waals surface area contributed by atoms with Crippen LogP contribution in [0.2, 0.25) is 0 Å². The van der Waals surface area contributed by atoms with Crippen LogP contribution in [0.25, 0.3) is 11.1 Å². The second-order valence-electron chi connectivity index (χ2n) is 5.78. The van der Waals surface area contributed by atoms with E-state index in [0.29, 0.717) is 24.2 Å². The lowest BCUT2D eigenvalue weighted by Crippen LogP contribution is -2.33. The van der Waals surface area contributed by atoms with Gasteiger partial charge in [0.1, 0.15) is 17.4 Å². The monoisotopic (exact) mass is 349 g/mol. The van der Waals surface area contributed by atoms with Gasteiger partial charge in [-0.15, -0.1) is 0 Å². The summed E-state index contributed by atoms with van der Waals surface area (Å²) in [5, 5.41) is 11.5. The van der Waals surface area contributed by atoms with Crippen LogP contribution in [0.4, 0.5) is 8.78 Å². The smallest absolute Gasteiger partial charge is 0.254 e. The van der Waals surface area contributed by atoms with E-state index in [2.05, 4.69) is 5.32 Å². The molecular formula is C19H21F2NO3. The average molecular weight is 349 g/mol. The van der Waals surface area contributed by atoms with Gasteiger partial charge in [0.15, 0.2) is 0 Å². The predicted molar refractivity (Wildman–Crippen MR) is 91.6 cm³/mol. The standard InChI is InChI=1S/C19H21F2NO3/c1-12(4-3-9-23)22-19(24)16-7-5-13(10-17(16)20)15-8-6-14(25-2)11-18(15)21/h5-8,10-12,23H,3-4,9H2,1-2H3,(H,22,24). The second-order valence-corrected chi connectivity index (χ2v) is 5.78. The highest BCUT2D eigenvalue weighted by molar-refractivity contribution is 5.95. The predicted octanol–water partition coefficient (Wildman–Crippen LogP) is 3.53. The summed E-state index contributed by atoms with van der Waals surface area (Å²) in [6.45, 7) is 1.82. The first-order valence-electron chi connectivity index (χ1n) is 8.01. The van der Waals surface area contributed by atoms with Crippen LogP contribution in [0.3, 0.4) is 0 Å². The summed E-state index contributed by atoms with van der Waals surface area (Å²) in [6.07, 6.45) is 1.15. The molecule has 4 nitrogen and oxygen atoms in total. The Labute approximate surface area is 145 Å². The molecule has 1 unspecified atom stereocenters. The Morgan fingerprint density at radius 1 is 1.20 bits per heavy atom. The van der Waals surface area contributed by atoms with Crippen LogP contribution in [0, 0.1) is 11.6 Å². The van der Waals surface area contributed by atoms with E-state index in [1.165, 1.54) is 31.4 Å². The summed E-state index contributed by atoms with van der Waals surface area (Å²) in [7, 11) is 1.43. The molecule has 25 heavy (non-hydrogen) atoms. The molecule has 0 spiro atoms. The molecule has 0 aliphatic heterocycles. The van der Waals surface area contributed by atoms with Crippen LogP contribution < -0.4 is 10.1 Å². The van der Waals surface area contributed by atoms with Crippen molar-refractivity contribution < 1.29 is 23.4 Å². The molecular weight excluding hydrogens is 328 g/mol. The number of hydrogen-bond donors (Lipinski definition) is 2. The molecule has 134 valence electrons. The van der Waals surface area contributed by atoms with Gasteiger partial charge in [0, 0.05) is 24.3 Å². The Kier molecular flexibility index (Phi) is 6.47. The van der Waals surface area contributed by atoms with Crippen molar-refractivity contribution in [2.24, 2.45) is 0 Å². The molecule has 0 aliphatic carbocycles. The second kappa shape index (κ2) is 8.58. The Hall–Kier alpha value is -2.47. The van der Waals surface area contributed by atoms with E-state index < -0.39 is 17.5 Å². The van der Waals surface area contributed by atoms with Gasteiger partial charge in [-0.2, -0.15) is 0 Å². The summed E-state index contributed by atoms with van der Waals surface area (Å²) in [4.78, 5) is 12.1. The zero-order chi connectivity index (χ0) is 18.4. The Morgan fingerprint density at radius 3 is 2.56 bits per heavy atom. The van der Waals surface area contributed by atoms with Crippen molar-refractivity contribution in [1.82, 2.24) is 5.32 Å². The molecule has 0 aliphatic rings. The third-order valence-corrected chi connectivity index (χ3v) is 3.87. The van der Waals surface area contributed by atoms with E-state index in [4.69, 9.17) is 9.84 Å². The first kappa shape index (κ1) is 18.9. The van der Waals surface area contributed by atoms with Gasteiger partial charge in [-0.25, -0.2) is 8.78 Å². The number of nitrogens with one attached hydrogen (secondary N) is 1. The summed E-state index contributed by atoms with van der Waals surface area (Å²) in [5.74, 6) is -1.42. The summed E-state index contributed by atoms with van der Waals surface area (Å²) in [5.41, 5.74) is 0.457. The van der Waals surface area contributed by atoms with E-state index in [1.54, 1.807) is 13.0 Å². The fourth-order valence-electron chi connectivity index (χ4n) is 2.49. The number of ether oxygens (including phenoxy) is 1. The fraction of sp³-hybridized carbons (Fsp3) is 0.316. The third-order valence-electron chi connectivity index (χ3n) is 3.87. The minimum Gasteiger partial charge on any atom is -0.497 e. The molecule has 1 atom stereocenters. The van der Waals surface area contributed by atoms with E-state index in [1.807, 2.05) is 0 Å². The lowest BCUT2D eigenvalue weighted by molar-refractivity contribution is 0.0932. The number of carbonyl (C=O) groups is 1. The fourth-order valence-corrected chi connectivity index (χ4v) is 2.49. The van der Waals surface area contributed by atoms with Crippen LogP contribution in [-0.2, 0) is 0 Å². The number of halogens is 2. The highest BCUT2D eigenvalue weighted by atomic mass is 19.1. The molecule has 0 heterocycles. The van der Waals surface area contributed by atoms with Gasteiger partial charge in [0.2, 0.25) is 0 Å². The Bertz CT molecular complexity index is 749. The third kappa shape index (κ3) is 4.76. The molecule has 0 fully saturated rings. The zero-order valence-corrected chi connectivity index (χ0v) is 14.2. The van der Waals surface area contributed by atoms with Crippen LogP contribution in [0.15, 0.2) is 36.4 Å². The highest BCUT2D eigenvalue weighted by Gasteiger charge is 2.16. The molecule has 1 amide bonds. The van der Waals surface area contributed by atoms with Crippen molar-refractivity contribution in [3.8, 4) is 16.9 Å². The van der Waals surface area contributed by atoms with Crippen molar-refractivity contribution in [3.05, 3.63) is 53.6 Å². The van der Waals surface area contributed by atoms with Crippen molar-refractivity contribution in [2.45, 2.75) is 25.8 Å². The first-order valence-corrected chi connectivity index (χ1v) is 8.01. The molecule has 6 heteroatoms. The van der Waals surface area contributed by atoms with Crippen molar-refractivity contribution in [1.29, 1.82) is 0 Å². The summed E-state index contributed by atoms with van der Waals surface area (Å²) < 4.78 is 33.4. The minimum atomic E-state index is -0.723. The number of benzene rings is 2. The maximum absolute atomic E-state index is 14.3. The molecule has 0 saturated carbocycles. The van der Waals surface area contributed by atoms with Gasteiger partial charge in [0.25, 0.3) is 5.91 Å². The lowest BCUT2D eigenvalue weighted by Gasteiger charge is -2.14. The number of methoxy groups -OCH3 is 1. The van der Waals surface area contributed by atoms with Gasteiger partial charge >= 0.3 is 0 Å². The molecule has 0 aromatic heterocycles. The molecule has 0 bridgehead atoms. The first-order chi connectivity index (χ1) is 12.0. The Morgan fingerprint density at radius 2 is 1.96 bits per heavy atom. The largest absolute Gasteiger partial charge is 0.497 e. The van der Waals surface area contributed by atoms with Crippen molar-refractivity contribution in [2.75, 3.05) is 13.7 Å². The van der Waals surface area contributed by atoms with Crippen molar-refractivity contribution in [3.63, 3.8) is 0 Å². The minimum absolute atomic E-state index is 0.0384. The summed E-state index contributed by atoms with van der Waals surface area (Å²) in [6, 6.07) is 8.09. The molecule has 2 rings (SSSR count). The number of aliphatic hydroxyl groups excluding tert-OH is 1. The van der Waals surface area contributed by atoms with Crippen LogP contribution in [0.5, 0.6) is 5.75 Å². The van der Waals surface area contributed by atoms with Gasteiger partial charge < -0.3 is 15.2 Å². The molecule has 0 radical (unpaired) electrons. The van der Waals surface area contributed by atoms with Gasteiger partial charge in [0.05, 0.1) is 12.7 Å². The maximum atomic E-state index is 14.3. The maximum Gasteiger partial charge on any atom is 0.254 e. The molecule has 2 aromatic rings. The van der Waals surface area contributed by atoms with Crippen LogP contribution >= 0.6 is 0 Å². The highest BCUT2D eigenvalue weighted by Crippen LogP contribution is 2.27. The van der Waals surface area contributed by atoms with Crippen molar-refractivity contribution >= 4 is 5.91 Å².